The number of nitrogens with zero attached hydrogens (tertiary/aromatic N) is 2. The quantitative estimate of drug-likeness (QED) is 0.371. The summed E-state index contributed by atoms with van der Waals surface area (Å²) in [6.45, 7) is 1.75. The monoisotopic (exact) mass is 449 g/mol. The first-order valence-corrected chi connectivity index (χ1v) is 10.7. The van der Waals surface area contributed by atoms with E-state index in [-0.39, 0.29) is 15.6 Å². The van der Waals surface area contributed by atoms with Gasteiger partial charge in [0, 0.05) is 24.5 Å². The van der Waals surface area contributed by atoms with Crippen molar-refractivity contribution < 1.29 is 9.72 Å². The van der Waals surface area contributed by atoms with Crippen LogP contribution in [0.5, 0.6) is 0 Å². The van der Waals surface area contributed by atoms with Crippen molar-refractivity contribution in [3.05, 3.63) is 61.4 Å². The molecule has 150 valence electrons. The van der Waals surface area contributed by atoms with Gasteiger partial charge in [-0.2, -0.15) is 0 Å². The van der Waals surface area contributed by atoms with Gasteiger partial charge in [-0.15, -0.1) is 11.3 Å². The number of nitro benzene ring substituents is 1. The highest BCUT2D eigenvalue weighted by atomic mass is 35.5. The Labute approximate surface area is 181 Å². The van der Waals surface area contributed by atoms with Crippen molar-refractivity contribution in [2.45, 2.75) is 19.3 Å². The van der Waals surface area contributed by atoms with Crippen LogP contribution < -0.4 is 10.2 Å². The Hall–Kier alpha value is -2.35. The van der Waals surface area contributed by atoms with Crippen LogP contribution in [0.2, 0.25) is 10.0 Å². The molecular formula is C20H17Cl2N3O3S. The van der Waals surface area contributed by atoms with Gasteiger partial charge in [-0.05, 0) is 31.4 Å². The second-order valence-electron chi connectivity index (χ2n) is 6.79. The highest BCUT2D eigenvalue weighted by Gasteiger charge is 2.24. The number of benzene rings is 2. The number of halogens is 2. The molecule has 0 unspecified atom stereocenters. The number of amides is 1. The molecule has 1 aliphatic rings. The van der Waals surface area contributed by atoms with Crippen molar-refractivity contribution in [3.63, 3.8) is 0 Å². The summed E-state index contributed by atoms with van der Waals surface area (Å²) >= 11 is 13.9. The van der Waals surface area contributed by atoms with E-state index in [4.69, 9.17) is 23.2 Å². The van der Waals surface area contributed by atoms with Crippen LogP contribution in [0.4, 0.5) is 17.1 Å². The van der Waals surface area contributed by atoms with Gasteiger partial charge < -0.3 is 10.2 Å². The molecule has 9 heteroatoms. The van der Waals surface area contributed by atoms with E-state index >= 15 is 0 Å². The molecule has 1 amide bonds. The number of non-ortho nitro benzene ring substituents is 1. The summed E-state index contributed by atoms with van der Waals surface area (Å²) in [5.41, 5.74) is 1.34. The number of carbonyl (C=O) groups excluding carboxylic acids is 1. The number of rotatable bonds is 4. The number of piperidine rings is 1. The number of nitrogens with one attached hydrogen (secondary N) is 1. The molecule has 0 aliphatic carbocycles. The predicted octanol–water partition coefficient (Wildman–Crippen LogP) is 6.36. The minimum Gasteiger partial charge on any atom is -0.369 e. The van der Waals surface area contributed by atoms with E-state index < -0.39 is 10.8 Å². The van der Waals surface area contributed by atoms with Gasteiger partial charge in [0.15, 0.2) is 0 Å². The number of fused-ring (bicyclic) bond motifs is 1. The number of hydrogen-bond donors (Lipinski definition) is 1. The first-order chi connectivity index (χ1) is 14.0. The highest BCUT2D eigenvalue weighted by molar-refractivity contribution is 7.22. The number of thiophene rings is 1. The number of nitro groups is 1. The van der Waals surface area contributed by atoms with E-state index in [1.54, 1.807) is 30.3 Å². The lowest BCUT2D eigenvalue weighted by Gasteiger charge is -2.31. The Kier molecular flexibility index (Phi) is 5.63. The van der Waals surface area contributed by atoms with Gasteiger partial charge >= 0.3 is 0 Å². The molecule has 1 fully saturated rings. The van der Waals surface area contributed by atoms with Crippen molar-refractivity contribution in [1.82, 2.24) is 0 Å². The molecule has 2 aromatic carbocycles. The third kappa shape index (κ3) is 3.77. The molecule has 1 saturated heterocycles. The number of carbonyl (C=O) groups is 1. The van der Waals surface area contributed by atoms with Gasteiger partial charge in [-0.1, -0.05) is 41.4 Å². The Bertz CT molecular complexity index is 1110. The molecule has 6 nitrogen and oxygen atoms in total. The molecule has 4 rings (SSSR count). The van der Waals surface area contributed by atoms with Crippen molar-refractivity contribution in [2.24, 2.45) is 0 Å². The van der Waals surface area contributed by atoms with Gasteiger partial charge in [0.1, 0.15) is 9.58 Å². The summed E-state index contributed by atoms with van der Waals surface area (Å²) in [5, 5.41) is 15.5. The molecule has 3 aromatic rings. The minimum absolute atomic E-state index is 0.0646. The van der Waals surface area contributed by atoms with E-state index in [9.17, 15) is 14.9 Å². The van der Waals surface area contributed by atoms with Crippen molar-refractivity contribution in [2.75, 3.05) is 23.3 Å². The number of para-hydroxylation sites is 1. The van der Waals surface area contributed by atoms with Crippen LogP contribution in [0.3, 0.4) is 0 Å². The first kappa shape index (κ1) is 19.9. The molecule has 0 bridgehead atoms. The van der Waals surface area contributed by atoms with E-state index in [1.165, 1.54) is 12.5 Å². The van der Waals surface area contributed by atoms with Gasteiger partial charge in [-0.3, -0.25) is 14.9 Å². The fourth-order valence-corrected chi connectivity index (χ4v) is 5.38. The fourth-order valence-electron chi connectivity index (χ4n) is 3.60. The molecule has 1 N–H and O–H groups in total. The first-order valence-electron chi connectivity index (χ1n) is 9.17. The SMILES string of the molecule is O=C(Nc1cccc(Cl)c1N1CCCCC1)c1sc2c([N+](=O)[O-])cccc2c1Cl. The third-order valence-corrected chi connectivity index (χ3v) is 6.98. The van der Waals surface area contributed by atoms with Crippen LogP contribution in [0, 0.1) is 10.1 Å². The van der Waals surface area contributed by atoms with Crippen LogP contribution in [0.25, 0.3) is 10.1 Å². The fraction of sp³-hybridized carbons (Fsp3) is 0.250. The van der Waals surface area contributed by atoms with E-state index in [1.807, 2.05) is 0 Å². The van der Waals surface area contributed by atoms with Crippen LogP contribution in [-0.2, 0) is 0 Å². The van der Waals surface area contributed by atoms with Gasteiger partial charge in [0.25, 0.3) is 11.6 Å². The standard InChI is InChI=1S/C20H17Cl2N3O3S/c21-13-7-5-8-14(17(13)24-10-2-1-3-11-24)23-20(26)19-16(22)12-6-4-9-15(25(27)28)18(12)29-19/h4-9H,1-3,10-11H2,(H,23,26). The molecule has 2 heterocycles. The van der Waals surface area contributed by atoms with E-state index in [2.05, 4.69) is 10.2 Å². The highest BCUT2D eigenvalue weighted by Crippen LogP contribution is 2.41. The molecule has 0 atom stereocenters. The number of hydrogen-bond acceptors (Lipinski definition) is 5. The zero-order valence-corrected chi connectivity index (χ0v) is 17.6. The molecule has 1 aromatic heterocycles. The Morgan fingerprint density at radius 3 is 2.55 bits per heavy atom. The maximum atomic E-state index is 13.0. The van der Waals surface area contributed by atoms with Crippen LogP contribution in [-0.4, -0.2) is 23.9 Å². The van der Waals surface area contributed by atoms with Gasteiger partial charge in [0.05, 0.1) is 26.3 Å². The summed E-state index contributed by atoms with van der Waals surface area (Å²) in [6, 6.07) is 10.0. The molecule has 29 heavy (non-hydrogen) atoms. The molecule has 1 aliphatic heterocycles. The van der Waals surface area contributed by atoms with Gasteiger partial charge in [0.2, 0.25) is 0 Å². The Morgan fingerprint density at radius 1 is 1.10 bits per heavy atom. The second kappa shape index (κ2) is 8.18. The van der Waals surface area contributed by atoms with E-state index in [0.717, 1.165) is 43.0 Å². The summed E-state index contributed by atoms with van der Waals surface area (Å²) in [5.74, 6) is -0.411. The van der Waals surface area contributed by atoms with Crippen molar-refractivity contribution in [1.29, 1.82) is 0 Å². The lowest BCUT2D eigenvalue weighted by Crippen LogP contribution is -2.30. The third-order valence-electron chi connectivity index (χ3n) is 4.94. The lowest BCUT2D eigenvalue weighted by atomic mass is 10.1. The van der Waals surface area contributed by atoms with Crippen molar-refractivity contribution in [3.8, 4) is 0 Å². The van der Waals surface area contributed by atoms with E-state index in [0.29, 0.717) is 20.8 Å². The van der Waals surface area contributed by atoms with Crippen LogP contribution in [0.15, 0.2) is 36.4 Å². The number of anilines is 2. The topological polar surface area (TPSA) is 75.5 Å². The van der Waals surface area contributed by atoms with Crippen LogP contribution in [0.1, 0.15) is 28.9 Å². The second-order valence-corrected chi connectivity index (χ2v) is 8.60. The average Bonchev–Trinajstić information content (AvgIpc) is 3.05. The summed E-state index contributed by atoms with van der Waals surface area (Å²) in [7, 11) is 0. The van der Waals surface area contributed by atoms with Crippen LogP contribution >= 0.6 is 34.5 Å². The smallest absolute Gasteiger partial charge is 0.287 e. The Morgan fingerprint density at radius 2 is 1.83 bits per heavy atom. The molecular weight excluding hydrogens is 433 g/mol. The Balaban J connectivity index is 1.71. The maximum Gasteiger partial charge on any atom is 0.287 e. The largest absolute Gasteiger partial charge is 0.369 e. The zero-order chi connectivity index (χ0) is 20.5. The zero-order valence-electron chi connectivity index (χ0n) is 15.3. The predicted molar refractivity (Wildman–Crippen MR) is 119 cm³/mol. The molecule has 0 spiro atoms. The maximum absolute atomic E-state index is 13.0. The summed E-state index contributed by atoms with van der Waals surface area (Å²) in [4.78, 5) is 26.3. The summed E-state index contributed by atoms with van der Waals surface area (Å²) in [6.07, 6.45) is 3.33. The summed E-state index contributed by atoms with van der Waals surface area (Å²) < 4.78 is 0.384. The lowest BCUT2D eigenvalue weighted by molar-refractivity contribution is -0.382. The normalized spacial score (nSPS) is 14.2. The molecule has 0 saturated carbocycles. The van der Waals surface area contributed by atoms with Gasteiger partial charge in [-0.25, -0.2) is 0 Å². The minimum atomic E-state index is -0.470. The molecule has 0 radical (unpaired) electrons. The van der Waals surface area contributed by atoms with Crippen molar-refractivity contribution >= 4 is 67.6 Å². The average molecular weight is 450 g/mol.